The van der Waals surface area contributed by atoms with Crippen LogP contribution in [0, 0.1) is 13.8 Å². The Morgan fingerprint density at radius 2 is 1.95 bits per heavy atom. The quantitative estimate of drug-likeness (QED) is 0.862. The number of ether oxygens (including phenoxy) is 1. The SMILES string of the molecule is Cc1ccc(C(C)C)cc1Oc1ncc(N)c(C)c1Br. The summed E-state index contributed by atoms with van der Waals surface area (Å²) in [6.45, 7) is 8.29. The van der Waals surface area contributed by atoms with E-state index in [4.69, 9.17) is 10.5 Å². The second-order valence-electron chi connectivity index (χ2n) is 5.24. The van der Waals surface area contributed by atoms with E-state index in [2.05, 4.69) is 53.0 Å². The number of aromatic nitrogens is 1. The van der Waals surface area contributed by atoms with E-state index < -0.39 is 0 Å². The smallest absolute Gasteiger partial charge is 0.234 e. The lowest BCUT2D eigenvalue weighted by molar-refractivity contribution is 0.455. The summed E-state index contributed by atoms with van der Waals surface area (Å²) in [6.07, 6.45) is 1.62. The summed E-state index contributed by atoms with van der Waals surface area (Å²) in [5.74, 6) is 1.83. The molecule has 1 heterocycles. The molecule has 2 aromatic rings. The molecule has 106 valence electrons. The van der Waals surface area contributed by atoms with Gasteiger partial charge in [0.05, 0.1) is 16.4 Å². The molecule has 4 heteroatoms. The third-order valence-electron chi connectivity index (χ3n) is 3.36. The lowest BCUT2D eigenvalue weighted by Crippen LogP contribution is -1.98. The summed E-state index contributed by atoms with van der Waals surface area (Å²) in [5.41, 5.74) is 9.74. The maximum Gasteiger partial charge on any atom is 0.234 e. The van der Waals surface area contributed by atoms with Gasteiger partial charge in [0.1, 0.15) is 5.75 Å². The first-order valence-corrected chi connectivity index (χ1v) is 7.38. The molecule has 2 rings (SSSR count). The van der Waals surface area contributed by atoms with Gasteiger partial charge in [-0.25, -0.2) is 4.98 Å². The first-order valence-electron chi connectivity index (χ1n) is 6.59. The molecule has 0 aliphatic rings. The van der Waals surface area contributed by atoms with Gasteiger partial charge < -0.3 is 10.5 Å². The van der Waals surface area contributed by atoms with Gasteiger partial charge >= 0.3 is 0 Å². The molecule has 1 aromatic heterocycles. The van der Waals surface area contributed by atoms with Gasteiger partial charge in [-0.3, -0.25) is 0 Å². The van der Waals surface area contributed by atoms with Gasteiger partial charge in [0.25, 0.3) is 0 Å². The average Bonchev–Trinajstić information content (AvgIpc) is 2.41. The highest BCUT2D eigenvalue weighted by atomic mass is 79.9. The van der Waals surface area contributed by atoms with Gasteiger partial charge in [-0.1, -0.05) is 26.0 Å². The number of anilines is 1. The first kappa shape index (κ1) is 14.9. The number of halogens is 1. The largest absolute Gasteiger partial charge is 0.438 e. The van der Waals surface area contributed by atoms with Crippen molar-refractivity contribution in [1.29, 1.82) is 0 Å². The Labute approximate surface area is 128 Å². The third kappa shape index (κ3) is 2.96. The fraction of sp³-hybridized carbons (Fsp3) is 0.312. The van der Waals surface area contributed by atoms with Crippen LogP contribution in [-0.4, -0.2) is 4.98 Å². The average molecular weight is 335 g/mol. The lowest BCUT2D eigenvalue weighted by Gasteiger charge is -2.14. The van der Waals surface area contributed by atoms with Crippen molar-refractivity contribution in [2.24, 2.45) is 0 Å². The number of rotatable bonds is 3. The van der Waals surface area contributed by atoms with E-state index in [1.165, 1.54) is 5.56 Å². The highest BCUT2D eigenvalue weighted by Gasteiger charge is 2.12. The summed E-state index contributed by atoms with van der Waals surface area (Å²) in [6, 6.07) is 6.27. The van der Waals surface area contributed by atoms with Crippen molar-refractivity contribution in [2.75, 3.05) is 5.73 Å². The molecular weight excluding hydrogens is 316 g/mol. The third-order valence-corrected chi connectivity index (χ3v) is 4.29. The normalized spacial score (nSPS) is 10.9. The zero-order valence-electron chi connectivity index (χ0n) is 12.2. The molecular formula is C16H19BrN2O. The van der Waals surface area contributed by atoms with E-state index in [0.29, 0.717) is 17.5 Å². The van der Waals surface area contributed by atoms with Gasteiger partial charge in [-0.05, 0) is 58.5 Å². The van der Waals surface area contributed by atoms with Crippen LogP contribution in [0.25, 0.3) is 0 Å². The Balaban J connectivity index is 2.40. The van der Waals surface area contributed by atoms with Gasteiger partial charge in [0.2, 0.25) is 5.88 Å². The van der Waals surface area contributed by atoms with Crippen LogP contribution in [0.4, 0.5) is 5.69 Å². The second-order valence-corrected chi connectivity index (χ2v) is 6.03. The number of hydrogen-bond acceptors (Lipinski definition) is 3. The highest BCUT2D eigenvalue weighted by molar-refractivity contribution is 9.10. The molecule has 3 nitrogen and oxygen atoms in total. The molecule has 0 bridgehead atoms. The number of nitrogens with two attached hydrogens (primary N) is 1. The molecule has 0 fully saturated rings. The molecule has 0 saturated heterocycles. The second kappa shape index (κ2) is 5.83. The standard InChI is InChI=1S/C16H19BrN2O/c1-9(2)12-6-5-10(3)14(7-12)20-16-15(17)11(4)13(18)8-19-16/h5-9H,18H2,1-4H3. The fourth-order valence-electron chi connectivity index (χ4n) is 1.83. The topological polar surface area (TPSA) is 48.1 Å². The van der Waals surface area contributed by atoms with Crippen molar-refractivity contribution >= 4 is 21.6 Å². The van der Waals surface area contributed by atoms with Gasteiger partial charge in [0.15, 0.2) is 0 Å². The number of aryl methyl sites for hydroxylation is 1. The van der Waals surface area contributed by atoms with Gasteiger partial charge in [-0.2, -0.15) is 0 Å². The predicted octanol–water partition coefficient (Wildman–Crippen LogP) is 4.96. The molecule has 0 spiro atoms. The fourth-order valence-corrected chi connectivity index (χ4v) is 2.24. The summed E-state index contributed by atoms with van der Waals surface area (Å²) < 4.78 is 6.75. The maximum atomic E-state index is 5.95. The number of nitrogens with zero attached hydrogens (tertiary/aromatic N) is 1. The van der Waals surface area contributed by atoms with E-state index in [1.54, 1.807) is 6.20 Å². The van der Waals surface area contributed by atoms with Crippen molar-refractivity contribution in [3.05, 3.63) is 45.6 Å². The Bertz CT molecular complexity index is 639. The summed E-state index contributed by atoms with van der Waals surface area (Å²) in [5, 5.41) is 0. The maximum absolute atomic E-state index is 5.95. The van der Waals surface area contributed by atoms with E-state index >= 15 is 0 Å². The summed E-state index contributed by atoms with van der Waals surface area (Å²) >= 11 is 3.49. The van der Waals surface area contributed by atoms with Crippen LogP contribution in [0.15, 0.2) is 28.9 Å². The monoisotopic (exact) mass is 334 g/mol. The van der Waals surface area contributed by atoms with Gasteiger partial charge in [0, 0.05) is 0 Å². The van der Waals surface area contributed by atoms with Crippen LogP contribution in [0.1, 0.15) is 36.5 Å². The number of pyridine rings is 1. The van der Waals surface area contributed by atoms with Crippen LogP contribution in [0.2, 0.25) is 0 Å². The molecule has 0 aliphatic carbocycles. The van der Waals surface area contributed by atoms with Crippen LogP contribution in [-0.2, 0) is 0 Å². The Kier molecular flexibility index (Phi) is 4.33. The van der Waals surface area contributed by atoms with Crippen LogP contribution in [0.3, 0.4) is 0 Å². The number of nitrogen functional groups attached to an aromatic ring is 1. The van der Waals surface area contributed by atoms with E-state index in [1.807, 2.05) is 13.8 Å². The molecule has 0 unspecified atom stereocenters. The summed E-state index contributed by atoms with van der Waals surface area (Å²) in [7, 11) is 0. The predicted molar refractivity (Wildman–Crippen MR) is 86.4 cm³/mol. The number of benzene rings is 1. The van der Waals surface area contributed by atoms with Crippen molar-refractivity contribution in [3.8, 4) is 11.6 Å². The zero-order chi connectivity index (χ0) is 14.9. The molecule has 0 amide bonds. The van der Waals surface area contributed by atoms with E-state index in [0.717, 1.165) is 21.3 Å². The Morgan fingerprint density at radius 3 is 2.60 bits per heavy atom. The minimum atomic E-state index is 0.461. The molecule has 2 N–H and O–H groups in total. The van der Waals surface area contributed by atoms with Crippen molar-refractivity contribution in [3.63, 3.8) is 0 Å². The molecule has 0 aliphatic heterocycles. The van der Waals surface area contributed by atoms with E-state index in [-0.39, 0.29) is 0 Å². The van der Waals surface area contributed by atoms with Gasteiger partial charge in [-0.15, -0.1) is 0 Å². The first-order chi connectivity index (χ1) is 9.40. The minimum absolute atomic E-state index is 0.461. The van der Waals surface area contributed by atoms with E-state index in [9.17, 15) is 0 Å². The van der Waals surface area contributed by atoms with Crippen molar-refractivity contribution < 1.29 is 4.74 Å². The summed E-state index contributed by atoms with van der Waals surface area (Å²) in [4.78, 5) is 4.26. The van der Waals surface area contributed by atoms with Crippen molar-refractivity contribution in [2.45, 2.75) is 33.6 Å². The number of hydrogen-bond donors (Lipinski definition) is 1. The van der Waals surface area contributed by atoms with Crippen LogP contribution < -0.4 is 10.5 Å². The highest BCUT2D eigenvalue weighted by Crippen LogP contribution is 2.34. The van der Waals surface area contributed by atoms with Crippen molar-refractivity contribution in [1.82, 2.24) is 4.98 Å². The molecule has 20 heavy (non-hydrogen) atoms. The minimum Gasteiger partial charge on any atom is -0.438 e. The molecule has 0 atom stereocenters. The van der Waals surface area contributed by atoms with Crippen LogP contribution >= 0.6 is 15.9 Å². The Hall–Kier alpha value is -1.55. The van der Waals surface area contributed by atoms with Crippen LogP contribution in [0.5, 0.6) is 11.6 Å². The zero-order valence-corrected chi connectivity index (χ0v) is 13.8. The Morgan fingerprint density at radius 1 is 1.25 bits per heavy atom. The molecule has 0 radical (unpaired) electrons. The molecule has 1 aromatic carbocycles. The molecule has 0 saturated carbocycles. The lowest BCUT2D eigenvalue weighted by atomic mass is 10.0.